The van der Waals surface area contributed by atoms with Gasteiger partial charge >= 0.3 is 0 Å². The summed E-state index contributed by atoms with van der Waals surface area (Å²) in [5.41, 5.74) is 3.14. The van der Waals surface area contributed by atoms with Crippen LogP contribution < -0.4 is 18.9 Å². The summed E-state index contributed by atoms with van der Waals surface area (Å²) in [5, 5.41) is 3.05. The van der Waals surface area contributed by atoms with Crippen LogP contribution in [0, 0.1) is 0 Å². The second kappa shape index (κ2) is 9.62. The monoisotopic (exact) mass is 414 g/mol. The van der Waals surface area contributed by atoms with Crippen LogP contribution in [-0.4, -0.2) is 45.4 Å². The largest absolute Gasteiger partial charge is 0.497 e. The maximum Gasteiger partial charge on any atom is 0.161 e. The fourth-order valence-corrected chi connectivity index (χ4v) is 3.90. The molecule has 0 saturated heterocycles. The highest BCUT2D eigenvalue weighted by atomic mass is 32.1. The molecule has 1 aromatic heterocycles. The summed E-state index contributed by atoms with van der Waals surface area (Å²) in [6, 6.07) is 11.7. The molecule has 7 heteroatoms. The van der Waals surface area contributed by atoms with Gasteiger partial charge in [0.25, 0.3) is 0 Å². The summed E-state index contributed by atoms with van der Waals surface area (Å²) in [6.45, 7) is 1.48. The molecule has 0 fully saturated rings. The maximum absolute atomic E-state index is 5.50. The van der Waals surface area contributed by atoms with E-state index in [1.165, 1.54) is 0 Å². The van der Waals surface area contributed by atoms with Crippen molar-refractivity contribution in [3.05, 3.63) is 53.0 Å². The molecule has 3 aromatic rings. The summed E-state index contributed by atoms with van der Waals surface area (Å²) >= 11 is 1.62. The molecule has 1 heterocycles. The molecular weight excluding hydrogens is 388 g/mol. The quantitative estimate of drug-likeness (QED) is 0.515. The number of aromatic nitrogens is 1. The van der Waals surface area contributed by atoms with E-state index in [2.05, 4.69) is 17.3 Å². The lowest BCUT2D eigenvalue weighted by atomic mass is 10.1. The van der Waals surface area contributed by atoms with Crippen LogP contribution in [0.15, 0.2) is 41.8 Å². The molecule has 0 radical (unpaired) electrons. The van der Waals surface area contributed by atoms with Crippen LogP contribution >= 0.6 is 11.3 Å². The highest BCUT2D eigenvalue weighted by Crippen LogP contribution is 2.33. The zero-order valence-corrected chi connectivity index (χ0v) is 18.2. The predicted molar refractivity (Wildman–Crippen MR) is 115 cm³/mol. The standard InChI is InChI=1S/C22H26N2O4S/c1-24(12-16-6-8-18(25-2)11-20(16)27-4)13-17-14-29-22(23-17)15-7-9-19(26-3)21(10-15)28-5/h6-11,14H,12-13H2,1-5H3. The summed E-state index contributed by atoms with van der Waals surface area (Å²) in [7, 11) is 8.66. The predicted octanol–water partition coefficient (Wildman–Crippen LogP) is 4.48. The van der Waals surface area contributed by atoms with Crippen molar-refractivity contribution < 1.29 is 18.9 Å². The number of thiazole rings is 1. The van der Waals surface area contributed by atoms with E-state index < -0.39 is 0 Å². The fraction of sp³-hybridized carbons (Fsp3) is 0.318. The van der Waals surface area contributed by atoms with E-state index >= 15 is 0 Å². The number of hydrogen-bond acceptors (Lipinski definition) is 7. The minimum absolute atomic E-state index is 0.700. The van der Waals surface area contributed by atoms with E-state index in [0.29, 0.717) is 11.5 Å². The molecule has 0 saturated carbocycles. The lowest BCUT2D eigenvalue weighted by molar-refractivity contribution is 0.306. The average Bonchev–Trinajstić information content (AvgIpc) is 3.21. The lowest BCUT2D eigenvalue weighted by Crippen LogP contribution is -2.18. The van der Waals surface area contributed by atoms with Crippen LogP contribution in [0.1, 0.15) is 11.3 Å². The molecule has 154 valence electrons. The molecule has 0 aliphatic rings. The van der Waals surface area contributed by atoms with Crippen LogP contribution in [0.2, 0.25) is 0 Å². The third kappa shape index (κ3) is 4.99. The molecule has 0 aliphatic carbocycles. The van der Waals surface area contributed by atoms with Gasteiger partial charge in [-0.2, -0.15) is 0 Å². The minimum atomic E-state index is 0.700. The Labute approximate surface area is 175 Å². The molecule has 2 aromatic carbocycles. The molecule has 0 aliphatic heterocycles. The van der Waals surface area contributed by atoms with Gasteiger partial charge in [-0.15, -0.1) is 11.3 Å². The molecule has 0 amide bonds. The van der Waals surface area contributed by atoms with Gasteiger partial charge in [0.05, 0.1) is 34.1 Å². The number of methoxy groups -OCH3 is 4. The van der Waals surface area contributed by atoms with Crippen molar-refractivity contribution in [2.45, 2.75) is 13.1 Å². The van der Waals surface area contributed by atoms with Crippen LogP contribution in [-0.2, 0) is 13.1 Å². The number of nitrogens with zero attached hydrogens (tertiary/aromatic N) is 2. The Morgan fingerprint density at radius 3 is 2.28 bits per heavy atom. The lowest BCUT2D eigenvalue weighted by Gasteiger charge is -2.18. The van der Waals surface area contributed by atoms with Crippen LogP contribution in [0.3, 0.4) is 0 Å². The normalized spacial score (nSPS) is 10.8. The van der Waals surface area contributed by atoms with Crippen molar-refractivity contribution in [1.82, 2.24) is 9.88 Å². The minimum Gasteiger partial charge on any atom is -0.497 e. The van der Waals surface area contributed by atoms with Crippen molar-refractivity contribution in [1.29, 1.82) is 0 Å². The first-order valence-electron chi connectivity index (χ1n) is 9.14. The zero-order valence-electron chi connectivity index (χ0n) is 17.4. The Kier molecular flexibility index (Phi) is 6.95. The van der Waals surface area contributed by atoms with Gasteiger partial charge in [0.15, 0.2) is 11.5 Å². The summed E-state index contributed by atoms with van der Waals surface area (Å²) in [5.74, 6) is 3.01. The van der Waals surface area contributed by atoms with Gasteiger partial charge < -0.3 is 18.9 Å². The Hall–Kier alpha value is -2.77. The van der Waals surface area contributed by atoms with Gasteiger partial charge in [-0.3, -0.25) is 4.90 Å². The third-order valence-corrected chi connectivity index (χ3v) is 5.49. The molecule has 6 nitrogen and oxygen atoms in total. The third-order valence-electron chi connectivity index (χ3n) is 4.55. The molecular formula is C22H26N2O4S. The smallest absolute Gasteiger partial charge is 0.161 e. The summed E-state index contributed by atoms with van der Waals surface area (Å²) in [4.78, 5) is 7.00. The van der Waals surface area contributed by atoms with Gasteiger partial charge in [0, 0.05) is 35.7 Å². The summed E-state index contributed by atoms with van der Waals surface area (Å²) < 4.78 is 21.5. The van der Waals surface area contributed by atoms with Crippen LogP contribution in [0.25, 0.3) is 10.6 Å². The van der Waals surface area contributed by atoms with Crippen molar-refractivity contribution in [2.75, 3.05) is 35.5 Å². The topological polar surface area (TPSA) is 53.1 Å². The molecule has 0 unspecified atom stereocenters. The van der Waals surface area contributed by atoms with E-state index in [-0.39, 0.29) is 0 Å². The summed E-state index contributed by atoms with van der Waals surface area (Å²) in [6.07, 6.45) is 0. The highest BCUT2D eigenvalue weighted by Gasteiger charge is 2.12. The Morgan fingerprint density at radius 1 is 0.828 bits per heavy atom. The van der Waals surface area contributed by atoms with Crippen molar-refractivity contribution in [3.63, 3.8) is 0 Å². The molecule has 0 spiro atoms. The van der Waals surface area contributed by atoms with E-state index in [4.69, 9.17) is 23.9 Å². The van der Waals surface area contributed by atoms with E-state index in [1.807, 2.05) is 36.4 Å². The molecule has 3 rings (SSSR count). The van der Waals surface area contributed by atoms with Gasteiger partial charge in [-0.1, -0.05) is 6.07 Å². The maximum atomic E-state index is 5.50. The molecule has 29 heavy (non-hydrogen) atoms. The number of ether oxygens (including phenoxy) is 4. The molecule has 0 bridgehead atoms. The Balaban J connectivity index is 1.70. The zero-order chi connectivity index (χ0) is 20.8. The van der Waals surface area contributed by atoms with Crippen molar-refractivity contribution >= 4 is 11.3 Å². The number of hydrogen-bond donors (Lipinski definition) is 0. The average molecular weight is 415 g/mol. The number of benzene rings is 2. The first kappa shape index (κ1) is 21.0. The molecule has 0 atom stereocenters. The van der Waals surface area contributed by atoms with Gasteiger partial charge in [-0.25, -0.2) is 4.98 Å². The first-order valence-corrected chi connectivity index (χ1v) is 10.0. The Bertz CT molecular complexity index is 958. The SMILES string of the molecule is COc1ccc(CN(C)Cc2csc(-c3ccc(OC)c(OC)c3)n2)c(OC)c1. The van der Waals surface area contributed by atoms with Gasteiger partial charge in [0.2, 0.25) is 0 Å². The first-order chi connectivity index (χ1) is 14.1. The van der Waals surface area contributed by atoms with E-state index in [9.17, 15) is 0 Å². The van der Waals surface area contributed by atoms with E-state index in [0.717, 1.165) is 46.4 Å². The second-order valence-corrected chi connectivity index (χ2v) is 7.42. The molecule has 0 N–H and O–H groups in total. The highest BCUT2D eigenvalue weighted by molar-refractivity contribution is 7.13. The fourth-order valence-electron chi connectivity index (χ4n) is 3.09. The van der Waals surface area contributed by atoms with Crippen LogP contribution in [0.5, 0.6) is 23.0 Å². The van der Waals surface area contributed by atoms with Gasteiger partial charge in [0.1, 0.15) is 16.5 Å². The van der Waals surface area contributed by atoms with Gasteiger partial charge in [-0.05, 0) is 31.3 Å². The second-order valence-electron chi connectivity index (χ2n) is 6.56. The van der Waals surface area contributed by atoms with E-state index in [1.54, 1.807) is 39.8 Å². The van der Waals surface area contributed by atoms with Crippen LogP contribution in [0.4, 0.5) is 0 Å². The van der Waals surface area contributed by atoms with Crippen molar-refractivity contribution in [2.24, 2.45) is 0 Å². The Morgan fingerprint density at radius 2 is 1.59 bits per heavy atom. The van der Waals surface area contributed by atoms with Crippen molar-refractivity contribution in [3.8, 4) is 33.6 Å². The number of rotatable bonds is 9.